The first kappa shape index (κ1) is 32.4. The van der Waals surface area contributed by atoms with Crippen LogP contribution < -0.4 is 9.47 Å². The van der Waals surface area contributed by atoms with E-state index >= 15 is 0 Å². The van der Waals surface area contributed by atoms with Crippen molar-refractivity contribution in [3.8, 4) is 11.5 Å². The van der Waals surface area contributed by atoms with Crippen LogP contribution in [0.4, 0.5) is 21.0 Å². The fraction of sp³-hybridized carbons (Fsp3) is 0.467. The van der Waals surface area contributed by atoms with Gasteiger partial charge in [-0.15, -0.1) is 0 Å². The van der Waals surface area contributed by atoms with Gasteiger partial charge in [-0.25, -0.2) is 9.59 Å². The molecule has 46 heavy (non-hydrogen) atoms. The molecule has 0 aromatic heterocycles. The average Bonchev–Trinajstić information content (AvgIpc) is 3.04. The lowest BCUT2D eigenvalue weighted by atomic mass is 9.88. The maximum absolute atomic E-state index is 12.2. The minimum Gasteiger partial charge on any atom is -0.410 e. The highest BCUT2D eigenvalue weighted by Crippen LogP contribution is 2.29. The van der Waals surface area contributed by atoms with E-state index in [4.69, 9.17) is 18.9 Å². The molecule has 4 aliphatic heterocycles. The highest BCUT2D eigenvalue weighted by molar-refractivity contribution is 5.81. The third-order valence-corrected chi connectivity index (χ3v) is 8.25. The topological polar surface area (TPSA) is 198 Å². The average molecular weight is 641 g/mol. The number of carbonyl (C=O) groups excluding carboxylic acids is 4. The van der Waals surface area contributed by atoms with Gasteiger partial charge in [0.25, 0.3) is 11.4 Å². The second-order valence-corrected chi connectivity index (χ2v) is 11.4. The molecule has 6 rings (SSSR count). The number of fused-ring (bicyclic) bond motifs is 2. The minimum absolute atomic E-state index is 0.00871. The van der Waals surface area contributed by atoms with Crippen molar-refractivity contribution in [2.45, 2.75) is 37.9 Å². The van der Waals surface area contributed by atoms with Crippen LogP contribution in [-0.4, -0.2) is 95.0 Å². The summed E-state index contributed by atoms with van der Waals surface area (Å²) in [6.45, 7) is 2.16. The van der Waals surface area contributed by atoms with E-state index in [0.717, 1.165) is 0 Å². The number of Topliss-reactive ketones (excluding diaryl/α,β-unsaturated/α-hetero) is 2. The zero-order valence-electron chi connectivity index (χ0n) is 24.7. The summed E-state index contributed by atoms with van der Waals surface area (Å²) in [6, 6.07) is 10.7. The predicted molar refractivity (Wildman–Crippen MR) is 156 cm³/mol. The number of rotatable bonds is 4. The number of ether oxygens (including phenoxy) is 4. The maximum atomic E-state index is 12.2. The molecule has 4 aliphatic rings. The molecule has 2 aromatic rings. The zero-order valence-corrected chi connectivity index (χ0v) is 24.7. The van der Waals surface area contributed by atoms with Crippen molar-refractivity contribution < 1.29 is 48.0 Å². The van der Waals surface area contributed by atoms with Crippen molar-refractivity contribution in [2.75, 3.05) is 39.4 Å². The standard InChI is InChI=1S/2C15H16N2O6/c2*18-12-7-10-8-16(6-5-14(10)22-9-12)15(19)23-13-3-1-11(2-4-13)17(20)21/h2*1-4,10,14H,5-9H2/t2*10-,14+/m10/s1. The molecule has 0 unspecified atom stereocenters. The number of piperidine rings is 2. The molecule has 16 heteroatoms. The highest BCUT2D eigenvalue weighted by atomic mass is 16.6. The molecule has 16 nitrogen and oxygen atoms in total. The summed E-state index contributed by atoms with van der Waals surface area (Å²) in [5.41, 5.74) is -0.132. The number of nitro groups is 2. The fourth-order valence-corrected chi connectivity index (χ4v) is 5.89. The van der Waals surface area contributed by atoms with Gasteiger partial charge in [0.1, 0.15) is 24.7 Å². The number of likely N-dealkylation sites (tertiary alicyclic amines) is 2. The molecule has 4 heterocycles. The first-order chi connectivity index (χ1) is 22.0. The lowest BCUT2D eigenvalue weighted by molar-refractivity contribution is -0.385. The summed E-state index contributed by atoms with van der Waals surface area (Å²) < 4.78 is 21.4. The van der Waals surface area contributed by atoms with Gasteiger partial charge in [-0.1, -0.05) is 0 Å². The molecule has 4 saturated heterocycles. The summed E-state index contributed by atoms with van der Waals surface area (Å²) in [4.78, 5) is 70.5. The van der Waals surface area contributed by atoms with Gasteiger partial charge >= 0.3 is 12.2 Å². The molecule has 0 saturated carbocycles. The summed E-state index contributed by atoms with van der Waals surface area (Å²) in [5.74, 6) is 0.620. The third-order valence-electron chi connectivity index (χ3n) is 8.25. The molecule has 0 aliphatic carbocycles. The largest absolute Gasteiger partial charge is 0.415 e. The molecular weight excluding hydrogens is 608 g/mol. The molecule has 0 spiro atoms. The van der Waals surface area contributed by atoms with E-state index in [0.29, 0.717) is 51.9 Å². The lowest BCUT2D eigenvalue weighted by Crippen LogP contribution is -2.50. The van der Waals surface area contributed by atoms with E-state index in [9.17, 15) is 39.4 Å². The summed E-state index contributed by atoms with van der Waals surface area (Å²) in [5, 5.41) is 21.2. The van der Waals surface area contributed by atoms with Crippen molar-refractivity contribution in [1.29, 1.82) is 0 Å². The molecule has 2 aromatic carbocycles. The Morgan fingerprint density at radius 1 is 0.674 bits per heavy atom. The fourth-order valence-electron chi connectivity index (χ4n) is 5.89. The normalized spacial score (nSPS) is 24.0. The molecule has 244 valence electrons. The van der Waals surface area contributed by atoms with Crippen LogP contribution >= 0.6 is 0 Å². The number of benzene rings is 2. The van der Waals surface area contributed by atoms with Crippen molar-refractivity contribution in [2.24, 2.45) is 11.8 Å². The van der Waals surface area contributed by atoms with Gasteiger partial charge in [-0.05, 0) is 37.1 Å². The Morgan fingerprint density at radius 2 is 1.04 bits per heavy atom. The van der Waals surface area contributed by atoms with Crippen LogP contribution in [0, 0.1) is 32.1 Å². The molecular formula is C30H32N4O12. The van der Waals surface area contributed by atoms with E-state index in [-0.39, 0.29) is 71.7 Å². The summed E-state index contributed by atoms with van der Waals surface area (Å²) in [7, 11) is 0. The van der Waals surface area contributed by atoms with Gasteiger partial charge in [0.15, 0.2) is 11.6 Å². The Hall–Kier alpha value is -4.96. The van der Waals surface area contributed by atoms with Gasteiger partial charge in [-0.2, -0.15) is 0 Å². The van der Waals surface area contributed by atoms with Crippen LogP contribution in [0.3, 0.4) is 0 Å². The van der Waals surface area contributed by atoms with Gasteiger partial charge in [0.05, 0.1) is 22.1 Å². The van der Waals surface area contributed by atoms with Crippen LogP contribution in [-0.2, 0) is 19.1 Å². The first-order valence-corrected chi connectivity index (χ1v) is 14.7. The van der Waals surface area contributed by atoms with Crippen LogP contribution in [0.25, 0.3) is 0 Å². The van der Waals surface area contributed by atoms with Crippen molar-refractivity contribution in [1.82, 2.24) is 9.80 Å². The van der Waals surface area contributed by atoms with E-state index < -0.39 is 22.0 Å². The molecule has 0 N–H and O–H groups in total. The molecule has 4 fully saturated rings. The van der Waals surface area contributed by atoms with Gasteiger partial charge in [-0.3, -0.25) is 29.8 Å². The number of ketones is 2. The van der Waals surface area contributed by atoms with Gasteiger partial charge in [0.2, 0.25) is 0 Å². The van der Waals surface area contributed by atoms with E-state index in [1.165, 1.54) is 48.5 Å². The number of hydrogen-bond donors (Lipinski definition) is 0. The second kappa shape index (κ2) is 14.4. The Bertz CT molecular complexity index is 1370. The summed E-state index contributed by atoms with van der Waals surface area (Å²) in [6.07, 6.45) is 1.20. The predicted octanol–water partition coefficient (Wildman–Crippen LogP) is 3.55. The number of carbonyl (C=O) groups is 4. The highest BCUT2D eigenvalue weighted by Gasteiger charge is 2.38. The molecule has 0 bridgehead atoms. The third kappa shape index (κ3) is 8.19. The van der Waals surface area contributed by atoms with Crippen LogP contribution in [0.1, 0.15) is 25.7 Å². The van der Waals surface area contributed by atoms with Crippen LogP contribution in [0.2, 0.25) is 0 Å². The number of nitrogens with zero attached hydrogens (tertiary/aromatic N) is 4. The van der Waals surface area contributed by atoms with Gasteiger partial charge < -0.3 is 28.7 Å². The number of amides is 2. The van der Waals surface area contributed by atoms with Crippen molar-refractivity contribution in [3.05, 3.63) is 68.8 Å². The van der Waals surface area contributed by atoms with Gasteiger partial charge in [0, 0.05) is 75.1 Å². The molecule has 0 radical (unpaired) electrons. The number of nitro benzene ring substituents is 2. The number of hydrogen-bond acceptors (Lipinski definition) is 12. The van der Waals surface area contributed by atoms with Crippen LogP contribution in [0.15, 0.2) is 48.5 Å². The Kier molecular flexibility index (Phi) is 10.2. The summed E-state index contributed by atoms with van der Waals surface area (Å²) >= 11 is 0. The smallest absolute Gasteiger partial charge is 0.410 e. The Labute approximate surface area is 262 Å². The quantitative estimate of drug-likeness (QED) is 0.348. The zero-order chi connectivity index (χ0) is 32.8. The van der Waals surface area contributed by atoms with Crippen molar-refractivity contribution in [3.63, 3.8) is 0 Å². The first-order valence-electron chi connectivity index (χ1n) is 14.7. The Balaban J connectivity index is 0.000000181. The molecule has 2 amide bonds. The SMILES string of the molecule is O=C1CO[C@@H]2CCN(C(=O)Oc3ccc([N+](=O)[O-])cc3)C[C@@H]2C1.O=C1CO[C@H]2CCN(C(=O)Oc3ccc([N+](=O)[O-])cc3)C[C@H]2C1. The van der Waals surface area contributed by atoms with E-state index in [1.807, 2.05) is 0 Å². The minimum atomic E-state index is -0.518. The Morgan fingerprint density at radius 3 is 1.39 bits per heavy atom. The van der Waals surface area contributed by atoms with Crippen molar-refractivity contribution >= 4 is 35.1 Å². The number of non-ortho nitro benzene ring substituents is 2. The monoisotopic (exact) mass is 640 g/mol. The maximum Gasteiger partial charge on any atom is 0.415 e. The van der Waals surface area contributed by atoms with Crippen LogP contribution in [0.5, 0.6) is 11.5 Å². The lowest BCUT2D eigenvalue weighted by Gasteiger charge is -2.39. The second-order valence-electron chi connectivity index (χ2n) is 11.4. The van der Waals surface area contributed by atoms with E-state index in [2.05, 4.69) is 0 Å². The van der Waals surface area contributed by atoms with E-state index in [1.54, 1.807) is 9.80 Å². The molecule has 4 atom stereocenters.